The molecule has 2 aromatic carbocycles. The van der Waals surface area contributed by atoms with Gasteiger partial charge < -0.3 is 10.5 Å². The summed E-state index contributed by atoms with van der Waals surface area (Å²) in [5.41, 5.74) is 7.63. The van der Waals surface area contributed by atoms with Gasteiger partial charge in [-0.1, -0.05) is 36.0 Å². The Morgan fingerprint density at radius 1 is 1.25 bits per heavy atom. The van der Waals surface area contributed by atoms with Gasteiger partial charge in [-0.2, -0.15) is 0 Å². The standard InChI is InChI=1S/C15H14ClNOS2/c1-9-6-7-11(10(16)8-9)18-12-4-3-5-13(20-2)14(12)15(17)19/h3-8H,1-2H3,(H2,17,19). The Bertz CT molecular complexity index is 658. The Morgan fingerprint density at radius 3 is 2.60 bits per heavy atom. The third-order valence-electron chi connectivity index (χ3n) is 2.76. The molecule has 0 radical (unpaired) electrons. The molecule has 20 heavy (non-hydrogen) atoms. The monoisotopic (exact) mass is 323 g/mol. The van der Waals surface area contributed by atoms with Gasteiger partial charge in [0.15, 0.2) is 0 Å². The predicted octanol–water partition coefficient (Wildman–Crippen LogP) is 4.80. The highest BCUT2D eigenvalue weighted by Gasteiger charge is 2.13. The van der Waals surface area contributed by atoms with Crippen LogP contribution in [0.5, 0.6) is 11.5 Å². The second-order valence-corrected chi connectivity index (χ2v) is 5.93. The van der Waals surface area contributed by atoms with Crippen molar-refractivity contribution in [2.24, 2.45) is 5.73 Å². The smallest absolute Gasteiger partial charge is 0.146 e. The minimum absolute atomic E-state index is 0.313. The van der Waals surface area contributed by atoms with Crippen molar-refractivity contribution < 1.29 is 4.74 Å². The lowest BCUT2D eigenvalue weighted by atomic mass is 10.2. The van der Waals surface area contributed by atoms with E-state index in [0.29, 0.717) is 21.5 Å². The minimum atomic E-state index is 0.313. The molecule has 2 aromatic rings. The summed E-state index contributed by atoms with van der Waals surface area (Å²) < 4.78 is 5.89. The molecule has 0 heterocycles. The molecule has 2 rings (SSSR count). The van der Waals surface area contributed by atoms with Crippen molar-refractivity contribution in [1.82, 2.24) is 0 Å². The summed E-state index contributed by atoms with van der Waals surface area (Å²) in [6.45, 7) is 1.98. The molecule has 0 saturated heterocycles. The molecule has 0 atom stereocenters. The fourth-order valence-corrected chi connectivity index (χ4v) is 2.99. The van der Waals surface area contributed by atoms with Crippen molar-refractivity contribution in [3.05, 3.63) is 52.5 Å². The van der Waals surface area contributed by atoms with Crippen LogP contribution >= 0.6 is 35.6 Å². The predicted molar refractivity (Wildman–Crippen MR) is 90.4 cm³/mol. The third-order valence-corrected chi connectivity index (χ3v) is 4.04. The fraction of sp³-hybridized carbons (Fsp3) is 0.133. The zero-order valence-corrected chi connectivity index (χ0v) is 13.5. The lowest BCUT2D eigenvalue weighted by molar-refractivity contribution is 0.480. The number of rotatable bonds is 4. The van der Waals surface area contributed by atoms with Crippen LogP contribution in [-0.2, 0) is 0 Å². The maximum atomic E-state index is 6.19. The maximum absolute atomic E-state index is 6.19. The van der Waals surface area contributed by atoms with Gasteiger partial charge in [-0.15, -0.1) is 11.8 Å². The van der Waals surface area contributed by atoms with Crippen molar-refractivity contribution in [1.29, 1.82) is 0 Å². The SMILES string of the molecule is CSc1cccc(Oc2ccc(C)cc2Cl)c1C(N)=S. The lowest BCUT2D eigenvalue weighted by Gasteiger charge is -2.14. The van der Waals surface area contributed by atoms with Crippen LogP contribution in [0, 0.1) is 6.92 Å². The van der Waals surface area contributed by atoms with Gasteiger partial charge >= 0.3 is 0 Å². The van der Waals surface area contributed by atoms with E-state index in [0.717, 1.165) is 16.0 Å². The van der Waals surface area contributed by atoms with Crippen LogP contribution in [0.1, 0.15) is 11.1 Å². The Balaban J connectivity index is 2.45. The quantitative estimate of drug-likeness (QED) is 0.647. The topological polar surface area (TPSA) is 35.2 Å². The number of nitrogens with two attached hydrogens (primary N) is 1. The van der Waals surface area contributed by atoms with E-state index in [1.165, 1.54) is 0 Å². The Morgan fingerprint density at radius 2 is 2.00 bits per heavy atom. The molecule has 0 spiro atoms. The molecule has 0 bridgehead atoms. The zero-order chi connectivity index (χ0) is 14.7. The molecule has 0 amide bonds. The number of benzene rings is 2. The van der Waals surface area contributed by atoms with Gasteiger partial charge in [0.1, 0.15) is 16.5 Å². The van der Waals surface area contributed by atoms with Crippen LogP contribution in [-0.4, -0.2) is 11.2 Å². The van der Waals surface area contributed by atoms with Crippen LogP contribution in [0.2, 0.25) is 5.02 Å². The molecule has 0 aliphatic carbocycles. The second kappa shape index (κ2) is 6.48. The molecule has 2 N–H and O–H groups in total. The van der Waals surface area contributed by atoms with Gasteiger partial charge in [0.2, 0.25) is 0 Å². The average molecular weight is 324 g/mol. The van der Waals surface area contributed by atoms with Gasteiger partial charge in [0.25, 0.3) is 0 Å². The molecule has 0 aromatic heterocycles. The highest BCUT2D eigenvalue weighted by molar-refractivity contribution is 7.98. The fourth-order valence-electron chi connectivity index (χ4n) is 1.82. The first kappa shape index (κ1) is 15.2. The van der Waals surface area contributed by atoms with Gasteiger partial charge in [0.05, 0.1) is 10.6 Å². The summed E-state index contributed by atoms with van der Waals surface area (Å²) >= 11 is 12.9. The lowest BCUT2D eigenvalue weighted by Crippen LogP contribution is -2.12. The van der Waals surface area contributed by atoms with Crippen LogP contribution in [0.4, 0.5) is 0 Å². The number of hydrogen-bond acceptors (Lipinski definition) is 3. The normalized spacial score (nSPS) is 10.3. The van der Waals surface area contributed by atoms with E-state index in [-0.39, 0.29) is 0 Å². The summed E-state index contributed by atoms with van der Waals surface area (Å²) in [6.07, 6.45) is 1.97. The molecular weight excluding hydrogens is 310 g/mol. The van der Waals surface area contributed by atoms with Crippen molar-refractivity contribution in [3.63, 3.8) is 0 Å². The van der Waals surface area contributed by atoms with Crippen LogP contribution in [0.3, 0.4) is 0 Å². The highest BCUT2D eigenvalue weighted by Crippen LogP contribution is 2.35. The summed E-state index contributed by atoms with van der Waals surface area (Å²) in [5, 5.41) is 0.563. The van der Waals surface area contributed by atoms with E-state index in [2.05, 4.69) is 0 Å². The van der Waals surface area contributed by atoms with Gasteiger partial charge in [-0.25, -0.2) is 0 Å². The van der Waals surface area contributed by atoms with E-state index in [1.807, 2.05) is 49.6 Å². The number of ether oxygens (including phenoxy) is 1. The first-order valence-electron chi connectivity index (χ1n) is 5.93. The van der Waals surface area contributed by atoms with Gasteiger partial charge in [-0.05, 0) is 43.0 Å². The van der Waals surface area contributed by atoms with Crippen molar-refractivity contribution >= 4 is 40.6 Å². The molecular formula is C15H14ClNOS2. The van der Waals surface area contributed by atoms with Gasteiger partial charge in [0, 0.05) is 4.90 Å². The summed E-state index contributed by atoms with van der Waals surface area (Å²) in [7, 11) is 0. The molecule has 0 fully saturated rings. The van der Waals surface area contributed by atoms with Crippen molar-refractivity contribution in [2.45, 2.75) is 11.8 Å². The Kier molecular flexibility index (Phi) is 4.91. The van der Waals surface area contributed by atoms with E-state index >= 15 is 0 Å². The number of hydrogen-bond donors (Lipinski definition) is 1. The molecule has 0 aliphatic rings. The molecule has 2 nitrogen and oxygen atoms in total. The Labute approximate surface area is 133 Å². The Hall–Kier alpha value is -1.23. The van der Waals surface area contributed by atoms with Crippen LogP contribution in [0.15, 0.2) is 41.3 Å². The van der Waals surface area contributed by atoms with Crippen molar-refractivity contribution in [2.75, 3.05) is 6.26 Å². The highest BCUT2D eigenvalue weighted by atomic mass is 35.5. The average Bonchev–Trinajstić information content (AvgIpc) is 2.41. The molecule has 0 saturated carbocycles. The van der Waals surface area contributed by atoms with E-state index in [9.17, 15) is 0 Å². The first-order valence-corrected chi connectivity index (χ1v) is 7.95. The number of aryl methyl sites for hydroxylation is 1. The molecule has 0 unspecified atom stereocenters. The second-order valence-electron chi connectivity index (χ2n) is 4.23. The zero-order valence-electron chi connectivity index (χ0n) is 11.1. The summed E-state index contributed by atoms with van der Waals surface area (Å²) in [5.74, 6) is 1.21. The third kappa shape index (κ3) is 3.26. The first-order chi connectivity index (χ1) is 9.52. The molecule has 5 heteroatoms. The minimum Gasteiger partial charge on any atom is -0.455 e. The van der Waals surface area contributed by atoms with Crippen LogP contribution in [0.25, 0.3) is 0 Å². The molecule has 104 valence electrons. The largest absolute Gasteiger partial charge is 0.455 e. The maximum Gasteiger partial charge on any atom is 0.146 e. The van der Waals surface area contributed by atoms with Crippen LogP contribution < -0.4 is 10.5 Å². The molecule has 0 aliphatic heterocycles. The number of thioether (sulfide) groups is 1. The van der Waals surface area contributed by atoms with Gasteiger partial charge in [-0.3, -0.25) is 0 Å². The number of halogens is 1. The van der Waals surface area contributed by atoms with E-state index in [4.69, 9.17) is 34.3 Å². The van der Waals surface area contributed by atoms with E-state index < -0.39 is 0 Å². The number of thiocarbonyl (C=S) groups is 1. The summed E-state index contributed by atoms with van der Waals surface area (Å²) in [6, 6.07) is 11.3. The van der Waals surface area contributed by atoms with Crippen molar-refractivity contribution in [3.8, 4) is 11.5 Å². The summed E-state index contributed by atoms with van der Waals surface area (Å²) in [4.78, 5) is 1.30. The van der Waals surface area contributed by atoms with E-state index in [1.54, 1.807) is 11.8 Å².